The van der Waals surface area contributed by atoms with Crippen LogP contribution in [0, 0.1) is 0 Å². The first-order valence-corrected chi connectivity index (χ1v) is 10.8. The average molecular weight is 482 g/mol. The third kappa shape index (κ3) is 5.99. The molecule has 0 aliphatic rings. The zero-order valence-corrected chi connectivity index (χ0v) is 17.7. The van der Waals surface area contributed by atoms with Gasteiger partial charge in [0.2, 0.25) is 15.8 Å². The number of hydrogen-bond acceptors (Lipinski definition) is 6. The van der Waals surface area contributed by atoms with Crippen molar-refractivity contribution in [2.45, 2.75) is 24.1 Å². The number of anilines is 1. The number of ether oxygens (including phenoxy) is 1. The Bertz CT molecular complexity index is 1280. The fourth-order valence-corrected chi connectivity index (χ4v) is 3.21. The molecule has 1 heterocycles. The van der Waals surface area contributed by atoms with Crippen molar-refractivity contribution in [1.82, 2.24) is 0 Å². The van der Waals surface area contributed by atoms with Crippen LogP contribution in [-0.2, 0) is 25.7 Å². The third-order valence-corrected chi connectivity index (χ3v) is 5.31. The molecule has 174 valence electrons. The number of rotatable bonds is 6. The number of alkyl halides is 3. The number of carbonyl (C=O) groups is 2. The topological polar surface area (TPSA) is 129 Å². The number of hydrogen-bond donors (Lipinski definition) is 2. The Hall–Kier alpha value is -3.64. The summed E-state index contributed by atoms with van der Waals surface area (Å²) >= 11 is 0. The Morgan fingerprint density at radius 1 is 1.06 bits per heavy atom. The highest BCUT2D eigenvalue weighted by Crippen LogP contribution is 2.32. The quantitative estimate of drug-likeness (QED) is 0.515. The van der Waals surface area contributed by atoms with Crippen LogP contribution in [0.2, 0.25) is 0 Å². The molecule has 1 aromatic heterocycles. The molecule has 3 N–H and O–H groups in total. The number of nitrogens with one attached hydrogen (secondary N) is 1. The molecule has 2 aromatic carbocycles. The Labute approximate surface area is 186 Å². The molecule has 3 aromatic rings. The van der Waals surface area contributed by atoms with Gasteiger partial charge in [-0.2, -0.15) is 13.2 Å². The van der Waals surface area contributed by atoms with E-state index >= 15 is 0 Å². The predicted octanol–water partition coefficient (Wildman–Crippen LogP) is 3.80. The summed E-state index contributed by atoms with van der Waals surface area (Å²) in [6, 6.07) is 11.9. The predicted molar refractivity (Wildman–Crippen MR) is 110 cm³/mol. The van der Waals surface area contributed by atoms with E-state index in [9.17, 15) is 31.2 Å². The van der Waals surface area contributed by atoms with Gasteiger partial charge in [0.05, 0.1) is 10.5 Å². The molecule has 0 radical (unpaired) electrons. The second-order valence-electron chi connectivity index (χ2n) is 6.85. The molecule has 0 aliphatic heterocycles. The van der Waals surface area contributed by atoms with Crippen molar-refractivity contribution >= 4 is 27.6 Å². The number of primary sulfonamides is 1. The zero-order chi connectivity index (χ0) is 24.4. The Balaban J connectivity index is 1.64. The lowest BCUT2D eigenvalue weighted by molar-refractivity contribution is -0.137. The van der Waals surface area contributed by atoms with Crippen LogP contribution in [0.25, 0.3) is 11.3 Å². The van der Waals surface area contributed by atoms with E-state index in [0.29, 0.717) is 0 Å². The Morgan fingerprint density at radius 3 is 2.33 bits per heavy atom. The molecule has 0 spiro atoms. The highest BCUT2D eigenvalue weighted by molar-refractivity contribution is 7.89. The van der Waals surface area contributed by atoms with Crippen LogP contribution >= 0.6 is 0 Å². The summed E-state index contributed by atoms with van der Waals surface area (Å²) in [4.78, 5) is 24.4. The van der Waals surface area contributed by atoms with Gasteiger partial charge in [0.1, 0.15) is 5.76 Å². The van der Waals surface area contributed by atoms with Gasteiger partial charge in [-0.05, 0) is 55.5 Å². The SMILES string of the molecule is CC(OC(=O)c1ccc(-c2cccc(C(F)(F)F)c2)o1)C(=O)Nc1ccc(S(N)(=O)=O)cc1. The molecule has 3 rings (SSSR count). The summed E-state index contributed by atoms with van der Waals surface area (Å²) in [6.07, 6.45) is -5.80. The smallest absolute Gasteiger partial charge is 0.416 e. The van der Waals surface area contributed by atoms with Gasteiger partial charge in [-0.3, -0.25) is 4.79 Å². The second-order valence-corrected chi connectivity index (χ2v) is 8.41. The van der Waals surface area contributed by atoms with Crippen LogP contribution in [0.1, 0.15) is 23.0 Å². The molecule has 33 heavy (non-hydrogen) atoms. The standard InChI is InChI=1S/C21H17F3N2O6S/c1-12(19(27)26-15-5-7-16(8-6-15)33(25,29)30)31-20(28)18-10-9-17(32-18)13-3-2-4-14(11-13)21(22,23)24/h2-12H,1H3,(H,26,27)(H2,25,29,30). The highest BCUT2D eigenvalue weighted by atomic mass is 32.2. The number of benzene rings is 2. The molecule has 1 amide bonds. The first kappa shape index (κ1) is 24.0. The Kier molecular flexibility index (Phi) is 6.60. The fraction of sp³-hybridized carbons (Fsp3) is 0.143. The minimum absolute atomic E-state index is 0.0140. The maximum atomic E-state index is 12.9. The van der Waals surface area contributed by atoms with Crippen LogP contribution in [0.5, 0.6) is 0 Å². The summed E-state index contributed by atoms with van der Waals surface area (Å²) < 4.78 is 71.5. The lowest BCUT2D eigenvalue weighted by atomic mass is 10.1. The molecule has 8 nitrogen and oxygen atoms in total. The van der Waals surface area contributed by atoms with Gasteiger partial charge in [-0.1, -0.05) is 12.1 Å². The largest absolute Gasteiger partial charge is 0.449 e. The number of furan rings is 1. The van der Waals surface area contributed by atoms with E-state index in [1.807, 2.05) is 0 Å². The van der Waals surface area contributed by atoms with Gasteiger partial charge in [0, 0.05) is 11.3 Å². The number of nitrogens with two attached hydrogens (primary N) is 1. The van der Waals surface area contributed by atoms with E-state index in [1.54, 1.807) is 0 Å². The number of halogens is 3. The number of carbonyl (C=O) groups excluding carboxylic acids is 2. The minimum atomic E-state index is -4.54. The maximum Gasteiger partial charge on any atom is 0.416 e. The number of esters is 1. The van der Waals surface area contributed by atoms with Crippen molar-refractivity contribution in [1.29, 1.82) is 0 Å². The number of amides is 1. The second kappa shape index (κ2) is 9.08. The van der Waals surface area contributed by atoms with Crippen molar-refractivity contribution in [3.63, 3.8) is 0 Å². The van der Waals surface area contributed by atoms with Crippen molar-refractivity contribution < 1.29 is 40.3 Å². The van der Waals surface area contributed by atoms with Gasteiger partial charge >= 0.3 is 12.1 Å². The zero-order valence-electron chi connectivity index (χ0n) is 16.9. The van der Waals surface area contributed by atoms with E-state index < -0.39 is 39.7 Å². The molecule has 0 aliphatic carbocycles. The van der Waals surface area contributed by atoms with Crippen molar-refractivity contribution in [3.05, 3.63) is 72.0 Å². The molecule has 1 atom stereocenters. The monoisotopic (exact) mass is 482 g/mol. The van der Waals surface area contributed by atoms with Gasteiger partial charge in [0.25, 0.3) is 5.91 Å². The van der Waals surface area contributed by atoms with E-state index in [1.165, 1.54) is 55.5 Å². The molecule has 1 unspecified atom stereocenters. The summed E-state index contributed by atoms with van der Waals surface area (Å²) in [5.74, 6) is -2.00. The summed E-state index contributed by atoms with van der Waals surface area (Å²) in [6.45, 7) is 1.29. The van der Waals surface area contributed by atoms with E-state index in [2.05, 4.69) is 5.32 Å². The normalized spacial score (nSPS) is 12.8. The van der Waals surface area contributed by atoms with Crippen LogP contribution in [0.3, 0.4) is 0 Å². The lowest BCUT2D eigenvalue weighted by Crippen LogP contribution is -2.29. The van der Waals surface area contributed by atoms with Crippen LogP contribution in [0.4, 0.5) is 18.9 Å². The highest BCUT2D eigenvalue weighted by Gasteiger charge is 2.31. The van der Waals surface area contributed by atoms with Gasteiger partial charge in [-0.25, -0.2) is 18.4 Å². The molecule has 12 heteroatoms. The van der Waals surface area contributed by atoms with Crippen molar-refractivity contribution in [3.8, 4) is 11.3 Å². The molecule has 0 bridgehead atoms. The average Bonchev–Trinajstić information content (AvgIpc) is 3.23. The fourth-order valence-electron chi connectivity index (χ4n) is 2.70. The lowest BCUT2D eigenvalue weighted by Gasteiger charge is -2.13. The van der Waals surface area contributed by atoms with Crippen molar-refractivity contribution in [2.75, 3.05) is 5.32 Å². The summed E-state index contributed by atoms with van der Waals surface area (Å²) in [7, 11) is -3.89. The third-order valence-electron chi connectivity index (χ3n) is 4.39. The van der Waals surface area contributed by atoms with E-state index in [0.717, 1.165) is 12.1 Å². The molecule has 0 saturated carbocycles. The molecular weight excluding hydrogens is 465 g/mol. The summed E-state index contributed by atoms with van der Waals surface area (Å²) in [5.41, 5.74) is -0.527. The minimum Gasteiger partial charge on any atom is -0.449 e. The Morgan fingerprint density at radius 2 is 1.73 bits per heavy atom. The van der Waals surface area contributed by atoms with Crippen molar-refractivity contribution in [2.24, 2.45) is 5.14 Å². The maximum absolute atomic E-state index is 12.9. The van der Waals surface area contributed by atoms with E-state index in [-0.39, 0.29) is 27.7 Å². The number of sulfonamides is 1. The van der Waals surface area contributed by atoms with E-state index in [4.69, 9.17) is 14.3 Å². The summed E-state index contributed by atoms with van der Waals surface area (Å²) in [5, 5.41) is 7.44. The molecule has 0 saturated heterocycles. The molecule has 0 fully saturated rings. The van der Waals surface area contributed by atoms with Gasteiger partial charge < -0.3 is 14.5 Å². The first-order chi connectivity index (χ1) is 15.3. The van der Waals surface area contributed by atoms with Gasteiger partial charge in [-0.15, -0.1) is 0 Å². The van der Waals surface area contributed by atoms with Gasteiger partial charge in [0.15, 0.2) is 6.10 Å². The first-order valence-electron chi connectivity index (χ1n) is 9.27. The van der Waals surface area contributed by atoms with Crippen LogP contribution < -0.4 is 10.5 Å². The molecular formula is C21H17F3N2O6S. The van der Waals surface area contributed by atoms with Crippen LogP contribution in [-0.4, -0.2) is 26.4 Å². The van der Waals surface area contributed by atoms with Crippen LogP contribution in [0.15, 0.2) is 70.0 Å².